The SMILES string of the molecule is CN(C)CC(=O)N1CCC(C)(O)C1. The van der Waals surface area contributed by atoms with Crippen LogP contribution in [0.4, 0.5) is 0 Å². The Morgan fingerprint density at radius 3 is 2.62 bits per heavy atom. The Kier molecular flexibility index (Phi) is 2.93. The molecule has 0 saturated carbocycles. The number of likely N-dealkylation sites (N-methyl/N-ethyl adjacent to an activating group) is 1. The lowest BCUT2D eigenvalue weighted by Gasteiger charge is -2.20. The minimum Gasteiger partial charge on any atom is -0.388 e. The largest absolute Gasteiger partial charge is 0.388 e. The Hall–Kier alpha value is -0.610. The number of carbonyl (C=O) groups is 1. The van der Waals surface area contributed by atoms with E-state index in [1.807, 2.05) is 19.0 Å². The zero-order valence-corrected chi connectivity index (χ0v) is 8.58. The van der Waals surface area contributed by atoms with E-state index in [2.05, 4.69) is 0 Å². The summed E-state index contributed by atoms with van der Waals surface area (Å²) in [6.45, 7) is 3.35. The van der Waals surface area contributed by atoms with Gasteiger partial charge < -0.3 is 14.9 Å². The first-order valence-corrected chi connectivity index (χ1v) is 4.56. The van der Waals surface area contributed by atoms with Gasteiger partial charge in [0, 0.05) is 13.1 Å². The van der Waals surface area contributed by atoms with Crippen LogP contribution in [0.15, 0.2) is 0 Å². The van der Waals surface area contributed by atoms with E-state index in [1.54, 1.807) is 11.8 Å². The molecule has 1 N–H and O–H groups in total. The number of carbonyl (C=O) groups excluding carboxylic acids is 1. The molecule has 0 aliphatic carbocycles. The van der Waals surface area contributed by atoms with E-state index in [1.165, 1.54) is 0 Å². The van der Waals surface area contributed by atoms with Crippen molar-refractivity contribution >= 4 is 5.91 Å². The monoisotopic (exact) mass is 186 g/mol. The van der Waals surface area contributed by atoms with Crippen LogP contribution in [0.25, 0.3) is 0 Å². The van der Waals surface area contributed by atoms with E-state index in [4.69, 9.17) is 0 Å². The molecular formula is C9H18N2O2. The molecule has 1 amide bonds. The van der Waals surface area contributed by atoms with Crippen molar-refractivity contribution in [2.24, 2.45) is 0 Å². The minimum atomic E-state index is -0.679. The quantitative estimate of drug-likeness (QED) is 0.634. The average Bonchev–Trinajstić information content (AvgIpc) is 2.28. The summed E-state index contributed by atoms with van der Waals surface area (Å²) in [5.41, 5.74) is -0.679. The molecule has 1 fully saturated rings. The van der Waals surface area contributed by atoms with Gasteiger partial charge in [-0.1, -0.05) is 0 Å². The van der Waals surface area contributed by atoms with Gasteiger partial charge in [0.05, 0.1) is 12.1 Å². The van der Waals surface area contributed by atoms with Crippen molar-refractivity contribution in [3.8, 4) is 0 Å². The lowest BCUT2D eigenvalue weighted by molar-refractivity contribution is -0.131. The van der Waals surface area contributed by atoms with E-state index in [9.17, 15) is 9.90 Å². The van der Waals surface area contributed by atoms with Crippen molar-refractivity contribution in [1.82, 2.24) is 9.80 Å². The van der Waals surface area contributed by atoms with Gasteiger partial charge in [0.2, 0.25) is 5.91 Å². The van der Waals surface area contributed by atoms with Gasteiger partial charge in [-0.25, -0.2) is 0 Å². The highest BCUT2D eigenvalue weighted by Crippen LogP contribution is 2.19. The van der Waals surface area contributed by atoms with Crippen LogP contribution in [-0.4, -0.2) is 60.1 Å². The molecule has 0 spiro atoms. The van der Waals surface area contributed by atoms with Gasteiger partial charge in [-0.2, -0.15) is 0 Å². The summed E-state index contributed by atoms with van der Waals surface area (Å²) < 4.78 is 0. The Morgan fingerprint density at radius 2 is 2.23 bits per heavy atom. The molecule has 1 saturated heterocycles. The van der Waals surface area contributed by atoms with Gasteiger partial charge in [-0.3, -0.25) is 4.79 Å². The van der Waals surface area contributed by atoms with Crippen molar-refractivity contribution in [2.45, 2.75) is 18.9 Å². The van der Waals surface area contributed by atoms with Crippen molar-refractivity contribution in [3.05, 3.63) is 0 Å². The maximum Gasteiger partial charge on any atom is 0.236 e. The molecule has 4 nitrogen and oxygen atoms in total. The summed E-state index contributed by atoms with van der Waals surface area (Å²) in [5.74, 6) is 0.0998. The normalized spacial score (nSPS) is 28.5. The number of rotatable bonds is 2. The molecule has 0 aromatic carbocycles. The predicted octanol–water partition coefficient (Wildman–Crippen LogP) is -0.469. The lowest BCUT2D eigenvalue weighted by Crippen LogP contribution is -2.38. The highest BCUT2D eigenvalue weighted by atomic mass is 16.3. The van der Waals surface area contributed by atoms with Crippen LogP contribution in [0.2, 0.25) is 0 Å². The van der Waals surface area contributed by atoms with Crippen LogP contribution in [0.5, 0.6) is 0 Å². The van der Waals surface area contributed by atoms with Crippen molar-refractivity contribution in [3.63, 3.8) is 0 Å². The first-order chi connectivity index (χ1) is 5.91. The zero-order valence-electron chi connectivity index (χ0n) is 8.58. The van der Waals surface area contributed by atoms with Crippen molar-refractivity contribution in [2.75, 3.05) is 33.7 Å². The van der Waals surface area contributed by atoms with Gasteiger partial charge in [-0.05, 0) is 27.4 Å². The first-order valence-electron chi connectivity index (χ1n) is 4.56. The molecule has 0 radical (unpaired) electrons. The number of nitrogens with zero attached hydrogens (tertiary/aromatic N) is 2. The van der Waals surface area contributed by atoms with E-state index in [-0.39, 0.29) is 5.91 Å². The number of aliphatic hydroxyl groups is 1. The Balaban J connectivity index is 2.42. The summed E-state index contributed by atoms with van der Waals surface area (Å²) in [6.07, 6.45) is 0.687. The van der Waals surface area contributed by atoms with Crippen LogP contribution in [0.1, 0.15) is 13.3 Å². The van der Waals surface area contributed by atoms with E-state index in [0.29, 0.717) is 26.1 Å². The summed E-state index contributed by atoms with van der Waals surface area (Å²) in [4.78, 5) is 15.1. The van der Waals surface area contributed by atoms with Gasteiger partial charge in [0.1, 0.15) is 0 Å². The molecule has 1 heterocycles. The topological polar surface area (TPSA) is 43.8 Å². The number of amides is 1. The maximum atomic E-state index is 11.5. The standard InChI is InChI=1S/C9H18N2O2/c1-9(13)4-5-11(7-9)8(12)6-10(2)3/h13H,4-7H2,1-3H3. The molecule has 1 aliphatic rings. The predicted molar refractivity (Wildman–Crippen MR) is 50.4 cm³/mol. The molecule has 13 heavy (non-hydrogen) atoms. The zero-order chi connectivity index (χ0) is 10.1. The Labute approximate surface area is 79.1 Å². The molecule has 1 atom stereocenters. The van der Waals surface area contributed by atoms with Crippen LogP contribution < -0.4 is 0 Å². The molecule has 0 bridgehead atoms. The third-order valence-electron chi connectivity index (χ3n) is 2.26. The smallest absolute Gasteiger partial charge is 0.236 e. The minimum absolute atomic E-state index is 0.0998. The number of likely N-dealkylation sites (tertiary alicyclic amines) is 1. The Morgan fingerprint density at radius 1 is 1.62 bits per heavy atom. The van der Waals surface area contributed by atoms with Gasteiger partial charge in [-0.15, -0.1) is 0 Å². The summed E-state index contributed by atoms with van der Waals surface area (Å²) in [6, 6.07) is 0. The van der Waals surface area contributed by atoms with Gasteiger partial charge >= 0.3 is 0 Å². The average molecular weight is 186 g/mol. The van der Waals surface area contributed by atoms with E-state index in [0.717, 1.165) is 0 Å². The third-order valence-corrected chi connectivity index (χ3v) is 2.26. The lowest BCUT2D eigenvalue weighted by atomic mass is 10.1. The second-order valence-electron chi connectivity index (χ2n) is 4.30. The summed E-state index contributed by atoms with van der Waals surface area (Å²) in [7, 11) is 3.73. The second-order valence-corrected chi connectivity index (χ2v) is 4.30. The highest BCUT2D eigenvalue weighted by Gasteiger charge is 2.33. The van der Waals surface area contributed by atoms with Crippen LogP contribution in [-0.2, 0) is 4.79 Å². The fraction of sp³-hybridized carbons (Fsp3) is 0.889. The molecule has 1 unspecified atom stereocenters. The molecule has 1 rings (SSSR count). The number of hydrogen-bond acceptors (Lipinski definition) is 3. The van der Waals surface area contributed by atoms with Crippen molar-refractivity contribution < 1.29 is 9.90 Å². The Bertz CT molecular complexity index is 202. The molecule has 0 aromatic rings. The second kappa shape index (κ2) is 3.64. The third kappa shape index (κ3) is 2.97. The van der Waals surface area contributed by atoms with Crippen LogP contribution >= 0.6 is 0 Å². The molecule has 4 heteroatoms. The van der Waals surface area contributed by atoms with Crippen molar-refractivity contribution in [1.29, 1.82) is 0 Å². The molecule has 1 aliphatic heterocycles. The van der Waals surface area contributed by atoms with E-state index >= 15 is 0 Å². The molecule has 76 valence electrons. The fourth-order valence-electron chi connectivity index (χ4n) is 1.53. The summed E-state index contributed by atoms with van der Waals surface area (Å²) >= 11 is 0. The van der Waals surface area contributed by atoms with E-state index < -0.39 is 5.60 Å². The first kappa shape index (κ1) is 10.5. The molecule has 0 aromatic heterocycles. The summed E-state index contributed by atoms with van der Waals surface area (Å²) in [5, 5.41) is 9.64. The maximum absolute atomic E-state index is 11.5. The fourth-order valence-corrected chi connectivity index (χ4v) is 1.53. The van der Waals surface area contributed by atoms with Gasteiger partial charge in [0.25, 0.3) is 0 Å². The van der Waals surface area contributed by atoms with Gasteiger partial charge in [0.15, 0.2) is 0 Å². The van der Waals surface area contributed by atoms with Crippen LogP contribution in [0.3, 0.4) is 0 Å². The number of hydrogen-bond donors (Lipinski definition) is 1. The van der Waals surface area contributed by atoms with Crippen LogP contribution in [0, 0.1) is 0 Å². The highest BCUT2D eigenvalue weighted by molar-refractivity contribution is 5.78. The number of β-amino-alcohol motifs (C(OH)–C–C–N with tert-alkyl or cyclic N) is 1. The molecular weight excluding hydrogens is 168 g/mol.